The van der Waals surface area contributed by atoms with E-state index in [1.54, 1.807) is 12.1 Å². The maximum Gasteiger partial charge on any atom is 0.349 e. The molecule has 0 bridgehead atoms. The summed E-state index contributed by atoms with van der Waals surface area (Å²) < 4.78 is 0. The smallest absolute Gasteiger partial charge is 0.290 e. The molecular weight excluding hydrogens is 246 g/mol. The minimum atomic E-state index is -0.422. The number of nitrogens with one attached hydrogen (secondary N) is 1. The van der Waals surface area contributed by atoms with Gasteiger partial charge in [0.15, 0.2) is 5.16 Å². The van der Waals surface area contributed by atoms with Crippen molar-refractivity contribution in [2.24, 2.45) is 0 Å². The van der Waals surface area contributed by atoms with Gasteiger partial charge in [0.25, 0.3) is 0 Å². The first-order chi connectivity index (χ1) is 7.70. The lowest BCUT2D eigenvalue weighted by molar-refractivity contribution is 0.872. The third-order valence-electron chi connectivity index (χ3n) is 1.94. The van der Waals surface area contributed by atoms with Crippen molar-refractivity contribution < 1.29 is 0 Å². The van der Waals surface area contributed by atoms with Crippen molar-refractivity contribution in [3.8, 4) is 11.4 Å². The van der Waals surface area contributed by atoms with Crippen LogP contribution in [0.4, 0.5) is 0 Å². The van der Waals surface area contributed by atoms with Gasteiger partial charge >= 0.3 is 5.69 Å². The molecule has 0 aliphatic carbocycles. The van der Waals surface area contributed by atoms with Crippen LogP contribution in [0.15, 0.2) is 34.2 Å². The van der Waals surface area contributed by atoms with Crippen LogP contribution in [0.25, 0.3) is 11.4 Å². The molecule has 2 aromatic rings. The van der Waals surface area contributed by atoms with Crippen LogP contribution >= 0.6 is 23.4 Å². The van der Waals surface area contributed by atoms with E-state index in [1.165, 1.54) is 11.8 Å². The fourth-order valence-corrected chi connectivity index (χ4v) is 1.82. The van der Waals surface area contributed by atoms with Gasteiger partial charge in [0.2, 0.25) is 0 Å². The number of hydrogen-bond acceptors (Lipinski definition) is 4. The molecule has 0 unspecified atom stereocenters. The molecule has 0 spiro atoms. The third kappa shape index (κ3) is 2.25. The molecule has 0 saturated heterocycles. The molecular formula is C10H8ClN3OS. The maximum atomic E-state index is 11.3. The summed E-state index contributed by atoms with van der Waals surface area (Å²) in [4.78, 5) is 21.8. The third-order valence-corrected chi connectivity index (χ3v) is 2.82. The van der Waals surface area contributed by atoms with E-state index in [1.807, 2.05) is 18.4 Å². The van der Waals surface area contributed by atoms with E-state index >= 15 is 0 Å². The van der Waals surface area contributed by atoms with Gasteiger partial charge in [-0.2, -0.15) is 4.98 Å². The maximum absolute atomic E-state index is 11.3. The van der Waals surface area contributed by atoms with Crippen molar-refractivity contribution in [2.75, 3.05) is 6.26 Å². The van der Waals surface area contributed by atoms with Gasteiger partial charge in [-0.3, -0.25) is 4.98 Å². The lowest BCUT2D eigenvalue weighted by Gasteiger charge is -2.03. The largest absolute Gasteiger partial charge is 0.349 e. The molecule has 0 saturated carbocycles. The van der Waals surface area contributed by atoms with Gasteiger partial charge in [-0.1, -0.05) is 35.5 Å². The minimum absolute atomic E-state index is 0.422. The molecule has 1 heterocycles. The molecule has 0 atom stereocenters. The van der Waals surface area contributed by atoms with Gasteiger partial charge in [-0.05, 0) is 18.4 Å². The number of benzene rings is 1. The molecule has 1 aromatic carbocycles. The van der Waals surface area contributed by atoms with E-state index in [0.29, 0.717) is 21.6 Å². The van der Waals surface area contributed by atoms with E-state index < -0.39 is 5.69 Å². The highest BCUT2D eigenvalue weighted by Gasteiger charge is 2.07. The topological polar surface area (TPSA) is 58.6 Å². The summed E-state index contributed by atoms with van der Waals surface area (Å²) >= 11 is 7.33. The average Bonchev–Trinajstić information content (AvgIpc) is 2.28. The Balaban J connectivity index is 2.60. The predicted octanol–water partition coefficient (Wildman–Crippen LogP) is 2.21. The first kappa shape index (κ1) is 11.2. The van der Waals surface area contributed by atoms with Gasteiger partial charge in [-0.25, -0.2) is 9.78 Å². The number of rotatable bonds is 2. The van der Waals surface area contributed by atoms with E-state index in [9.17, 15) is 4.79 Å². The highest BCUT2D eigenvalue weighted by molar-refractivity contribution is 7.98. The Labute approximate surface area is 101 Å². The number of hydrogen-bond donors (Lipinski definition) is 1. The second-order valence-corrected chi connectivity index (χ2v) is 4.15. The molecule has 6 heteroatoms. The first-order valence-corrected chi connectivity index (χ1v) is 6.08. The van der Waals surface area contributed by atoms with Crippen LogP contribution in [-0.4, -0.2) is 21.2 Å². The molecule has 16 heavy (non-hydrogen) atoms. The van der Waals surface area contributed by atoms with Crippen molar-refractivity contribution >= 4 is 23.4 Å². The Bertz CT molecular complexity index is 570. The number of nitrogens with zero attached hydrogens (tertiary/aromatic N) is 2. The zero-order chi connectivity index (χ0) is 11.5. The molecule has 1 aromatic heterocycles. The van der Waals surface area contributed by atoms with E-state index in [0.717, 1.165) is 0 Å². The van der Waals surface area contributed by atoms with Gasteiger partial charge in [0.1, 0.15) is 5.82 Å². The van der Waals surface area contributed by atoms with Crippen LogP contribution in [0.1, 0.15) is 0 Å². The van der Waals surface area contributed by atoms with Crippen LogP contribution in [0.5, 0.6) is 0 Å². The molecule has 2 rings (SSSR count). The van der Waals surface area contributed by atoms with Crippen molar-refractivity contribution in [1.82, 2.24) is 15.0 Å². The van der Waals surface area contributed by atoms with Crippen LogP contribution in [0, 0.1) is 0 Å². The van der Waals surface area contributed by atoms with Crippen molar-refractivity contribution in [3.05, 3.63) is 39.8 Å². The Morgan fingerprint density at radius 2 is 2.06 bits per heavy atom. The number of aromatic nitrogens is 3. The molecule has 0 fully saturated rings. The fraction of sp³-hybridized carbons (Fsp3) is 0.100. The summed E-state index contributed by atoms with van der Waals surface area (Å²) in [6, 6.07) is 7.20. The predicted molar refractivity (Wildman–Crippen MR) is 64.9 cm³/mol. The SMILES string of the molecule is CSc1nc(-c2ccccc2Cl)[nH]c(=O)n1. The van der Waals surface area contributed by atoms with E-state index in [-0.39, 0.29) is 0 Å². The Hall–Kier alpha value is -1.33. The highest BCUT2D eigenvalue weighted by Crippen LogP contribution is 2.24. The van der Waals surface area contributed by atoms with Gasteiger partial charge in [0.05, 0.1) is 5.02 Å². The van der Waals surface area contributed by atoms with Crippen LogP contribution in [-0.2, 0) is 0 Å². The summed E-state index contributed by atoms with van der Waals surface area (Å²) in [5, 5.41) is 0.975. The monoisotopic (exact) mass is 253 g/mol. The molecule has 0 aliphatic heterocycles. The second-order valence-electron chi connectivity index (χ2n) is 2.97. The number of thioether (sulfide) groups is 1. The van der Waals surface area contributed by atoms with Crippen LogP contribution < -0.4 is 5.69 Å². The van der Waals surface area contributed by atoms with E-state index in [4.69, 9.17) is 11.6 Å². The summed E-state index contributed by atoms with van der Waals surface area (Å²) in [6.45, 7) is 0. The number of H-pyrrole nitrogens is 1. The molecule has 0 aliphatic rings. The van der Waals surface area contributed by atoms with Gasteiger partial charge in [-0.15, -0.1) is 0 Å². The lowest BCUT2D eigenvalue weighted by atomic mass is 10.2. The summed E-state index contributed by atoms with van der Waals surface area (Å²) in [5.74, 6) is 0.440. The Morgan fingerprint density at radius 1 is 1.31 bits per heavy atom. The van der Waals surface area contributed by atoms with Crippen molar-refractivity contribution in [3.63, 3.8) is 0 Å². The first-order valence-electron chi connectivity index (χ1n) is 4.48. The Morgan fingerprint density at radius 3 is 2.75 bits per heavy atom. The molecule has 0 radical (unpaired) electrons. The summed E-state index contributed by atoms with van der Waals surface area (Å²) in [5.41, 5.74) is 0.272. The lowest BCUT2D eigenvalue weighted by Crippen LogP contribution is -2.14. The molecule has 82 valence electrons. The molecule has 1 N–H and O–H groups in total. The number of aromatic amines is 1. The minimum Gasteiger partial charge on any atom is -0.290 e. The fourth-order valence-electron chi connectivity index (χ4n) is 1.24. The van der Waals surface area contributed by atoms with E-state index in [2.05, 4.69) is 15.0 Å². The molecule has 4 nitrogen and oxygen atoms in total. The van der Waals surface area contributed by atoms with Crippen LogP contribution in [0.3, 0.4) is 0 Å². The van der Waals surface area contributed by atoms with Crippen molar-refractivity contribution in [2.45, 2.75) is 5.16 Å². The van der Waals surface area contributed by atoms with Gasteiger partial charge in [0, 0.05) is 5.56 Å². The van der Waals surface area contributed by atoms with Crippen LogP contribution in [0.2, 0.25) is 5.02 Å². The van der Waals surface area contributed by atoms with Crippen molar-refractivity contribution in [1.29, 1.82) is 0 Å². The normalized spacial score (nSPS) is 10.4. The highest BCUT2D eigenvalue weighted by atomic mass is 35.5. The zero-order valence-corrected chi connectivity index (χ0v) is 9.97. The number of halogens is 1. The summed E-state index contributed by atoms with van der Waals surface area (Å²) in [6.07, 6.45) is 1.81. The van der Waals surface area contributed by atoms with Gasteiger partial charge < -0.3 is 0 Å². The Kier molecular flexibility index (Phi) is 3.26. The zero-order valence-electron chi connectivity index (χ0n) is 8.40. The molecule has 0 amide bonds. The standard InChI is InChI=1S/C10H8ClN3OS/c1-16-10-13-8(12-9(15)14-10)6-4-2-3-5-7(6)11/h2-5H,1H3,(H,12,13,14,15). The average molecular weight is 254 g/mol. The summed E-state index contributed by atoms with van der Waals surface area (Å²) in [7, 11) is 0. The quantitative estimate of drug-likeness (QED) is 0.834. The second kappa shape index (κ2) is 4.67.